The third kappa shape index (κ3) is 5.89. The molecule has 0 saturated carbocycles. The topological polar surface area (TPSA) is 87.3 Å². The zero-order valence-electron chi connectivity index (χ0n) is 15.8. The fraction of sp³-hybridized carbons (Fsp3) is 0.421. The maximum absolute atomic E-state index is 13.3. The zero-order valence-corrected chi connectivity index (χ0v) is 15.8. The van der Waals surface area contributed by atoms with E-state index >= 15 is 0 Å². The van der Waals surface area contributed by atoms with Crippen LogP contribution in [0.15, 0.2) is 29.1 Å². The van der Waals surface area contributed by atoms with Gasteiger partial charge in [0.25, 0.3) is 5.56 Å². The van der Waals surface area contributed by atoms with Crippen molar-refractivity contribution in [1.82, 2.24) is 9.97 Å². The van der Waals surface area contributed by atoms with Gasteiger partial charge in [-0.15, -0.1) is 0 Å². The first-order valence-electron chi connectivity index (χ1n) is 9.00. The Balaban J connectivity index is 0.00000126. The number of H-pyrrole nitrogens is 1. The van der Waals surface area contributed by atoms with Crippen LogP contribution in [0, 0.1) is 12.7 Å². The number of rotatable bonds is 4. The van der Waals surface area contributed by atoms with Crippen molar-refractivity contribution >= 4 is 17.4 Å². The van der Waals surface area contributed by atoms with Crippen molar-refractivity contribution in [3.63, 3.8) is 0 Å². The molecule has 2 heterocycles. The summed E-state index contributed by atoms with van der Waals surface area (Å²) in [6.07, 6.45) is -0.0795. The van der Waals surface area contributed by atoms with Crippen LogP contribution in [0.4, 0.5) is 15.9 Å². The molecule has 1 aliphatic heterocycles. The average Bonchev–Trinajstić information content (AvgIpc) is 2.66. The highest BCUT2D eigenvalue weighted by Crippen LogP contribution is 2.14. The van der Waals surface area contributed by atoms with Gasteiger partial charge < -0.3 is 19.9 Å². The van der Waals surface area contributed by atoms with Crippen LogP contribution < -0.4 is 15.8 Å². The molecular weight excluding hydrogens is 351 g/mol. The van der Waals surface area contributed by atoms with Gasteiger partial charge in [0, 0.05) is 24.8 Å². The zero-order chi connectivity index (χ0) is 19.8. The molecule has 3 rings (SSSR count). The van der Waals surface area contributed by atoms with Crippen molar-refractivity contribution in [3.05, 3.63) is 51.8 Å². The van der Waals surface area contributed by atoms with Gasteiger partial charge in [-0.2, -0.15) is 0 Å². The lowest BCUT2D eigenvalue weighted by atomic mass is 10.2. The van der Waals surface area contributed by atoms with Crippen LogP contribution in [0.25, 0.3) is 0 Å². The number of halogens is 1. The summed E-state index contributed by atoms with van der Waals surface area (Å²) in [4.78, 5) is 32.9. The highest BCUT2D eigenvalue weighted by Gasteiger charge is 2.15. The minimum absolute atomic E-state index is 0.0795. The number of morpholine rings is 1. The molecule has 2 N–H and O–H groups in total. The molecular formula is C19H25FN4O3. The van der Waals surface area contributed by atoms with Gasteiger partial charge in [-0.25, -0.2) is 9.37 Å². The highest BCUT2D eigenvalue weighted by atomic mass is 19.1. The number of nitrogens with one attached hydrogen (secondary N) is 2. The number of carbonyl (C=O) groups is 1. The predicted octanol–water partition coefficient (Wildman–Crippen LogP) is 2.26. The Kier molecular flexibility index (Phi) is 7.48. The number of aromatic amines is 1. The Morgan fingerprint density at radius 3 is 2.67 bits per heavy atom. The molecule has 2 aromatic rings. The quantitative estimate of drug-likeness (QED) is 0.855. The second kappa shape index (κ2) is 9.82. The van der Waals surface area contributed by atoms with Crippen molar-refractivity contribution in [2.75, 3.05) is 36.5 Å². The molecule has 27 heavy (non-hydrogen) atoms. The Bertz CT molecular complexity index is 832. The number of aromatic nitrogens is 2. The number of hydrogen-bond donors (Lipinski definition) is 2. The molecule has 0 bridgehead atoms. The van der Waals surface area contributed by atoms with Crippen molar-refractivity contribution in [1.29, 1.82) is 0 Å². The van der Waals surface area contributed by atoms with E-state index in [4.69, 9.17) is 4.74 Å². The molecule has 0 radical (unpaired) electrons. The van der Waals surface area contributed by atoms with Crippen LogP contribution in [0.1, 0.15) is 25.2 Å². The summed E-state index contributed by atoms with van der Waals surface area (Å²) in [5.74, 6) is 0.147. The molecule has 1 aromatic heterocycles. The van der Waals surface area contributed by atoms with E-state index < -0.39 is 0 Å². The number of carbonyl (C=O) groups excluding carboxylic acids is 1. The van der Waals surface area contributed by atoms with E-state index in [-0.39, 0.29) is 29.5 Å². The Labute approximate surface area is 157 Å². The van der Waals surface area contributed by atoms with Gasteiger partial charge >= 0.3 is 0 Å². The van der Waals surface area contributed by atoms with E-state index in [0.717, 1.165) is 0 Å². The minimum Gasteiger partial charge on any atom is -0.378 e. The summed E-state index contributed by atoms with van der Waals surface area (Å²) in [5.41, 5.74) is 0.631. The molecule has 0 spiro atoms. The summed E-state index contributed by atoms with van der Waals surface area (Å²) in [6.45, 7) is 8.08. The van der Waals surface area contributed by atoms with Crippen molar-refractivity contribution < 1.29 is 13.9 Å². The molecule has 1 aromatic carbocycles. The third-order valence-electron chi connectivity index (χ3n) is 3.88. The number of nitrogens with zero attached hydrogens (tertiary/aromatic N) is 2. The lowest BCUT2D eigenvalue weighted by molar-refractivity contribution is -0.115. The Hall–Kier alpha value is -2.74. The van der Waals surface area contributed by atoms with Crippen LogP contribution in [0.3, 0.4) is 0 Å². The summed E-state index contributed by atoms with van der Waals surface area (Å²) < 4.78 is 18.6. The third-order valence-corrected chi connectivity index (χ3v) is 3.88. The molecule has 7 nitrogen and oxygen atoms in total. The van der Waals surface area contributed by atoms with Crippen LogP contribution in [-0.4, -0.2) is 42.2 Å². The van der Waals surface area contributed by atoms with Gasteiger partial charge in [-0.05, 0) is 30.7 Å². The minimum atomic E-state index is -0.340. The average molecular weight is 376 g/mol. The van der Waals surface area contributed by atoms with E-state index in [2.05, 4.69) is 15.3 Å². The van der Waals surface area contributed by atoms with Gasteiger partial charge in [0.05, 0.1) is 19.6 Å². The monoisotopic (exact) mass is 376 g/mol. The summed E-state index contributed by atoms with van der Waals surface area (Å²) in [5, 5.41) is 2.68. The standard InChI is InChI=1S/C17H19FN4O3.C2H6/c1-11-8-12(2-3-13(11)18)19-16(23)9-14-20-15(10-17(24)21-14)22-4-6-25-7-5-22;1-2/h2-3,8,10H,4-7,9H2,1H3,(H,19,23)(H,20,21,24);1-2H3. The SMILES string of the molecule is CC.Cc1cc(NC(=O)Cc2nc(N3CCOCC3)cc(=O)[nH]2)ccc1F. The van der Waals surface area contributed by atoms with E-state index in [1.807, 2.05) is 18.7 Å². The molecule has 1 aliphatic rings. The first-order chi connectivity index (χ1) is 13.0. The van der Waals surface area contributed by atoms with Crippen molar-refractivity contribution in [2.45, 2.75) is 27.2 Å². The molecule has 0 unspecified atom stereocenters. The summed E-state index contributed by atoms with van der Waals surface area (Å²) in [7, 11) is 0. The molecule has 0 atom stereocenters. The Morgan fingerprint density at radius 2 is 2.00 bits per heavy atom. The summed E-state index contributed by atoms with van der Waals surface area (Å²) >= 11 is 0. The normalized spacial score (nSPS) is 13.6. The first kappa shape index (κ1) is 20.6. The van der Waals surface area contributed by atoms with Gasteiger partial charge in [0.1, 0.15) is 17.5 Å². The number of hydrogen-bond acceptors (Lipinski definition) is 5. The predicted molar refractivity (Wildman–Crippen MR) is 103 cm³/mol. The molecule has 8 heteroatoms. The fourth-order valence-corrected chi connectivity index (χ4v) is 2.61. The van der Waals surface area contributed by atoms with Crippen LogP contribution in [0.5, 0.6) is 0 Å². The molecule has 1 saturated heterocycles. The van der Waals surface area contributed by atoms with E-state index in [1.54, 1.807) is 13.0 Å². The van der Waals surface area contributed by atoms with Crippen LogP contribution >= 0.6 is 0 Å². The van der Waals surface area contributed by atoms with Crippen molar-refractivity contribution in [3.8, 4) is 0 Å². The molecule has 1 fully saturated rings. The summed E-state index contributed by atoms with van der Waals surface area (Å²) in [6, 6.07) is 5.74. The Morgan fingerprint density at radius 1 is 1.30 bits per heavy atom. The highest BCUT2D eigenvalue weighted by molar-refractivity contribution is 5.91. The van der Waals surface area contributed by atoms with Crippen molar-refractivity contribution in [2.24, 2.45) is 0 Å². The first-order valence-corrected chi connectivity index (χ1v) is 9.00. The van der Waals surface area contributed by atoms with E-state index in [0.29, 0.717) is 43.4 Å². The second-order valence-corrected chi connectivity index (χ2v) is 5.84. The van der Waals surface area contributed by atoms with Gasteiger partial charge in [0.2, 0.25) is 5.91 Å². The second-order valence-electron chi connectivity index (χ2n) is 5.84. The maximum atomic E-state index is 13.3. The maximum Gasteiger partial charge on any atom is 0.252 e. The largest absolute Gasteiger partial charge is 0.378 e. The van der Waals surface area contributed by atoms with Gasteiger partial charge in [0.15, 0.2) is 0 Å². The van der Waals surface area contributed by atoms with Crippen LogP contribution in [0.2, 0.25) is 0 Å². The van der Waals surface area contributed by atoms with E-state index in [9.17, 15) is 14.0 Å². The number of ether oxygens (including phenoxy) is 1. The van der Waals surface area contributed by atoms with Gasteiger partial charge in [-0.1, -0.05) is 13.8 Å². The molecule has 0 aliphatic carbocycles. The fourth-order valence-electron chi connectivity index (χ4n) is 2.61. The lowest BCUT2D eigenvalue weighted by Gasteiger charge is -2.27. The number of benzene rings is 1. The molecule has 1 amide bonds. The van der Waals surface area contributed by atoms with Crippen LogP contribution in [-0.2, 0) is 16.0 Å². The number of amides is 1. The lowest BCUT2D eigenvalue weighted by Crippen LogP contribution is -2.37. The molecule has 146 valence electrons. The number of aryl methyl sites for hydroxylation is 1. The number of anilines is 2. The smallest absolute Gasteiger partial charge is 0.252 e. The van der Waals surface area contributed by atoms with E-state index in [1.165, 1.54) is 18.2 Å². The van der Waals surface area contributed by atoms with Gasteiger partial charge in [-0.3, -0.25) is 9.59 Å².